The fourth-order valence-corrected chi connectivity index (χ4v) is 1.86. The monoisotopic (exact) mass is 236 g/mol. The van der Waals surface area contributed by atoms with Gasteiger partial charge in [0.05, 0.1) is 6.54 Å². The second-order valence-corrected chi connectivity index (χ2v) is 3.96. The lowest BCUT2D eigenvalue weighted by Gasteiger charge is -2.12. The van der Waals surface area contributed by atoms with Crippen molar-refractivity contribution in [1.82, 2.24) is 10.2 Å². The number of imide groups is 1. The van der Waals surface area contributed by atoms with Crippen LogP contribution in [0, 0.1) is 0 Å². The van der Waals surface area contributed by atoms with Crippen LogP contribution in [-0.2, 0) is 11.3 Å². The Labute approximate surface area is 99.0 Å². The van der Waals surface area contributed by atoms with E-state index in [-0.39, 0.29) is 11.9 Å². The van der Waals surface area contributed by atoms with Gasteiger partial charge in [-0.2, -0.15) is 12.6 Å². The predicted octanol–water partition coefficient (Wildman–Crippen LogP) is 1.04. The second-order valence-electron chi connectivity index (χ2n) is 3.59. The summed E-state index contributed by atoms with van der Waals surface area (Å²) in [5.41, 5.74) is 0.936. The van der Waals surface area contributed by atoms with Gasteiger partial charge in [0.1, 0.15) is 6.04 Å². The number of thiol groups is 1. The number of nitrogens with zero attached hydrogens (tertiary/aromatic N) is 1. The van der Waals surface area contributed by atoms with Gasteiger partial charge in [0, 0.05) is 5.75 Å². The molecule has 1 aromatic carbocycles. The first-order valence-electron chi connectivity index (χ1n) is 4.99. The fraction of sp³-hybridized carbons (Fsp3) is 0.273. The number of carbonyl (C=O) groups excluding carboxylic acids is 2. The summed E-state index contributed by atoms with van der Waals surface area (Å²) in [5, 5.41) is 2.58. The molecule has 84 valence electrons. The SMILES string of the molecule is O=C1N[C@@H](CS)C(=O)N1Cc1ccccc1. The highest BCUT2D eigenvalue weighted by molar-refractivity contribution is 7.80. The molecular formula is C11H12N2O2S. The van der Waals surface area contributed by atoms with Gasteiger partial charge in [-0.1, -0.05) is 30.3 Å². The standard InChI is InChI=1S/C11H12N2O2S/c14-10-9(7-16)12-11(15)13(10)6-8-4-2-1-3-5-8/h1-5,9,16H,6-7H2,(H,12,15)/t9-/m0/s1. The van der Waals surface area contributed by atoms with Gasteiger partial charge in [0.2, 0.25) is 0 Å². The molecular weight excluding hydrogens is 224 g/mol. The molecule has 1 N–H and O–H groups in total. The largest absolute Gasteiger partial charge is 0.325 e. The molecule has 1 heterocycles. The lowest BCUT2D eigenvalue weighted by atomic mass is 10.2. The highest BCUT2D eigenvalue weighted by Crippen LogP contribution is 2.12. The Bertz CT molecular complexity index is 408. The topological polar surface area (TPSA) is 49.4 Å². The average Bonchev–Trinajstić information content (AvgIpc) is 2.58. The van der Waals surface area contributed by atoms with Gasteiger partial charge in [-0.3, -0.25) is 9.69 Å². The van der Waals surface area contributed by atoms with Crippen LogP contribution in [0.25, 0.3) is 0 Å². The molecule has 1 aromatic rings. The normalized spacial score (nSPS) is 20.1. The molecule has 0 spiro atoms. The van der Waals surface area contributed by atoms with Gasteiger partial charge in [-0.05, 0) is 5.56 Å². The van der Waals surface area contributed by atoms with Gasteiger partial charge in [0.15, 0.2) is 0 Å². The molecule has 1 fully saturated rings. The number of rotatable bonds is 3. The van der Waals surface area contributed by atoms with Crippen LogP contribution in [0.2, 0.25) is 0 Å². The van der Waals surface area contributed by atoms with Gasteiger partial charge < -0.3 is 5.32 Å². The third-order valence-corrected chi connectivity index (χ3v) is 2.84. The van der Waals surface area contributed by atoms with E-state index in [1.165, 1.54) is 4.90 Å². The van der Waals surface area contributed by atoms with E-state index in [0.29, 0.717) is 12.3 Å². The van der Waals surface area contributed by atoms with Crippen LogP contribution in [0.5, 0.6) is 0 Å². The van der Waals surface area contributed by atoms with E-state index in [9.17, 15) is 9.59 Å². The minimum atomic E-state index is -0.487. The van der Waals surface area contributed by atoms with Gasteiger partial charge >= 0.3 is 6.03 Å². The number of hydrogen-bond acceptors (Lipinski definition) is 3. The van der Waals surface area contributed by atoms with Crippen molar-refractivity contribution in [3.63, 3.8) is 0 Å². The van der Waals surface area contributed by atoms with E-state index in [4.69, 9.17) is 0 Å². The molecule has 1 aliphatic rings. The molecule has 0 bridgehead atoms. The van der Waals surface area contributed by atoms with Crippen molar-refractivity contribution in [2.75, 3.05) is 5.75 Å². The maximum atomic E-state index is 11.7. The number of urea groups is 1. The highest BCUT2D eigenvalue weighted by atomic mass is 32.1. The molecule has 0 radical (unpaired) electrons. The van der Waals surface area contributed by atoms with Crippen LogP contribution in [0.15, 0.2) is 30.3 Å². The number of hydrogen-bond donors (Lipinski definition) is 2. The molecule has 5 heteroatoms. The summed E-state index contributed by atoms with van der Waals surface area (Å²) in [6, 6.07) is 8.59. The molecule has 1 aliphatic heterocycles. The summed E-state index contributed by atoms with van der Waals surface area (Å²) in [7, 11) is 0. The number of benzene rings is 1. The number of carbonyl (C=O) groups is 2. The van der Waals surface area contributed by atoms with Crippen LogP contribution in [-0.4, -0.2) is 28.6 Å². The average molecular weight is 236 g/mol. The molecule has 0 aliphatic carbocycles. The molecule has 0 saturated carbocycles. The van der Waals surface area contributed by atoms with Crippen molar-refractivity contribution in [2.24, 2.45) is 0 Å². The fourth-order valence-electron chi connectivity index (χ4n) is 1.62. The van der Waals surface area contributed by atoms with E-state index < -0.39 is 6.04 Å². The third-order valence-electron chi connectivity index (χ3n) is 2.47. The Kier molecular flexibility index (Phi) is 3.14. The molecule has 2 rings (SSSR count). The molecule has 0 aromatic heterocycles. The van der Waals surface area contributed by atoms with E-state index in [2.05, 4.69) is 17.9 Å². The predicted molar refractivity (Wildman–Crippen MR) is 63.2 cm³/mol. The lowest BCUT2D eigenvalue weighted by Crippen LogP contribution is -2.31. The molecule has 3 amide bonds. The van der Waals surface area contributed by atoms with Crippen molar-refractivity contribution in [1.29, 1.82) is 0 Å². The van der Waals surface area contributed by atoms with Crippen LogP contribution in [0.1, 0.15) is 5.56 Å². The van der Waals surface area contributed by atoms with Gasteiger partial charge in [-0.25, -0.2) is 4.79 Å². The molecule has 4 nitrogen and oxygen atoms in total. The summed E-state index contributed by atoms with van der Waals surface area (Å²) in [5.74, 6) is 0.124. The lowest BCUT2D eigenvalue weighted by molar-refractivity contribution is -0.127. The maximum absolute atomic E-state index is 11.7. The molecule has 1 atom stereocenters. The summed E-state index contributed by atoms with van der Waals surface area (Å²) in [6.45, 7) is 0.315. The van der Waals surface area contributed by atoms with Crippen LogP contribution >= 0.6 is 12.6 Å². The second kappa shape index (κ2) is 4.57. The van der Waals surface area contributed by atoms with Crippen molar-refractivity contribution < 1.29 is 9.59 Å². The third kappa shape index (κ3) is 2.04. The Morgan fingerprint density at radius 2 is 1.94 bits per heavy atom. The van der Waals surface area contributed by atoms with Crippen molar-refractivity contribution in [2.45, 2.75) is 12.6 Å². The highest BCUT2D eigenvalue weighted by Gasteiger charge is 2.36. The van der Waals surface area contributed by atoms with E-state index in [0.717, 1.165) is 5.56 Å². The van der Waals surface area contributed by atoms with E-state index in [1.54, 1.807) is 0 Å². The van der Waals surface area contributed by atoms with Crippen molar-refractivity contribution in [3.05, 3.63) is 35.9 Å². The molecule has 1 saturated heterocycles. The zero-order valence-corrected chi connectivity index (χ0v) is 9.48. The van der Waals surface area contributed by atoms with Crippen molar-refractivity contribution in [3.8, 4) is 0 Å². The van der Waals surface area contributed by atoms with Crippen LogP contribution in [0.4, 0.5) is 4.79 Å². The Morgan fingerprint density at radius 1 is 1.25 bits per heavy atom. The summed E-state index contributed by atoms with van der Waals surface area (Å²) >= 11 is 4.02. The maximum Gasteiger partial charge on any atom is 0.325 e. The van der Waals surface area contributed by atoms with E-state index >= 15 is 0 Å². The summed E-state index contributed by atoms with van der Waals surface area (Å²) in [4.78, 5) is 24.5. The van der Waals surface area contributed by atoms with Gasteiger partial charge in [-0.15, -0.1) is 0 Å². The van der Waals surface area contributed by atoms with Crippen molar-refractivity contribution >= 4 is 24.6 Å². The smallest absolute Gasteiger partial charge is 0.325 e. The Hall–Kier alpha value is -1.49. The first-order valence-corrected chi connectivity index (χ1v) is 5.62. The Balaban J connectivity index is 2.11. The molecule has 0 unspecified atom stereocenters. The first-order chi connectivity index (χ1) is 7.72. The zero-order chi connectivity index (χ0) is 11.5. The quantitative estimate of drug-likeness (QED) is 0.608. The zero-order valence-electron chi connectivity index (χ0n) is 8.59. The summed E-state index contributed by atoms with van der Waals surface area (Å²) in [6.07, 6.45) is 0. The van der Waals surface area contributed by atoms with E-state index in [1.807, 2.05) is 30.3 Å². The summed E-state index contributed by atoms with van der Waals surface area (Å²) < 4.78 is 0. The molecule has 16 heavy (non-hydrogen) atoms. The van der Waals surface area contributed by atoms with Crippen LogP contribution < -0.4 is 5.32 Å². The van der Waals surface area contributed by atoms with Crippen LogP contribution in [0.3, 0.4) is 0 Å². The minimum absolute atomic E-state index is 0.205. The number of nitrogens with one attached hydrogen (secondary N) is 1. The Morgan fingerprint density at radius 3 is 2.50 bits per heavy atom. The van der Waals surface area contributed by atoms with Gasteiger partial charge in [0.25, 0.3) is 5.91 Å². The first kappa shape index (κ1) is 11.0. The number of amides is 3. The minimum Gasteiger partial charge on any atom is -0.325 e.